The van der Waals surface area contributed by atoms with Crippen LogP contribution in [0.4, 0.5) is 4.79 Å². The van der Waals surface area contributed by atoms with Crippen molar-refractivity contribution < 1.29 is 52.9 Å². The lowest BCUT2D eigenvalue weighted by Gasteiger charge is -2.39. The van der Waals surface area contributed by atoms with E-state index < -0.39 is 78.7 Å². The number of aromatic hydroxyl groups is 1. The van der Waals surface area contributed by atoms with E-state index in [0.29, 0.717) is 25.0 Å². The van der Waals surface area contributed by atoms with Crippen molar-refractivity contribution in [2.75, 3.05) is 33.2 Å². The minimum absolute atomic E-state index is 0.00189. The summed E-state index contributed by atoms with van der Waals surface area (Å²) >= 11 is 1.08. The van der Waals surface area contributed by atoms with Crippen molar-refractivity contribution in [1.82, 2.24) is 41.3 Å². The third-order valence-corrected chi connectivity index (χ3v) is 14.8. The molecule has 2 unspecified atom stereocenters. The number of hydrogen-bond acceptors (Lipinski definition) is 17. The number of ether oxygens (including phenoxy) is 3. The molecule has 0 radical (unpaired) electrons. The number of carbonyl (C=O) groups excluding carboxylic acids is 7. The number of nitrogens with one attached hydrogen (secondary N) is 4. The third kappa shape index (κ3) is 21.0. The summed E-state index contributed by atoms with van der Waals surface area (Å²) in [5.74, 6) is -3.80. The van der Waals surface area contributed by atoms with Gasteiger partial charge in [0.15, 0.2) is 12.8 Å². The smallest absolute Gasteiger partial charge is 0.426 e. The molecular formula is C50H74N8O11S3. The Balaban J connectivity index is 1.84. The molecule has 0 saturated carbocycles. The van der Waals surface area contributed by atoms with Gasteiger partial charge in [-0.25, -0.2) is 20.2 Å². The minimum atomic E-state index is -1.05. The van der Waals surface area contributed by atoms with Crippen LogP contribution < -0.4 is 21.5 Å². The maximum atomic E-state index is 14.9. The van der Waals surface area contributed by atoms with E-state index in [1.807, 2.05) is 78.7 Å². The summed E-state index contributed by atoms with van der Waals surface area (Å²) in [4.78, 5) is 106. The van der Waals surface area contributed by atoms with Gasteiger partial charge in [0.1, 0.15) is 34.1 Å². The van der Waals surface area contributed by atoms with Gasteiger partial charge in [0.2, 0.25) is 17.7 Å². The van der Waals surface area contributed by atoms with E-state index in [1.54, 1.807) is 25.3 Å². The SMILES string of the molecule is CCCC(=O)OCN(C(=O)[C@@H](NC(=O)C(CCC)N(C)C)C(C)CC)[C@H](C[C@@H](OC(C)=O)c1nc(C(=O)N[C@@H](Cc2ccc(O)cc2)C[C@H](C)C(=O)NNC(=O)OCCSSc2ccccn2)cs1)C(C)C. The van der Waals surface area contributed by atoms with Crippen molar-refractivity contribution in [3.63, 3.8) is 0 Å². The highest BCUT2D eigenvalue weighted by molar-refractivity contribution is 8.76. The number of hydrazine groups is 1. The molecule has 7 atom stereocenters. The monoisotopic (exact) mass is 1060 g/mol. The number of rotatable bonds is 30. The van der Waals surface area contributed by atoms with Crippen molar-refractivity contribution in [3.8, 4) is 5.75 Å². The van der Waals surface area contributed by atoms with Crippen molar-refractivity contribution >= 4 is 74.6 Å². The second-order valence-corrected chi connectivity index (χ2v) is 21.4. The standard InChI is InChI=1S/C50H74N8O11S3/c1-11-16-39(57(9)10)47(64)54-44(32(6)13-3)49(65)58(30-68-43(61)17-12-2)40(31(4)5)28-41(69-34(8)59)48-53-38(29-70-48)46(63)52-36(27-35-19-21-37(60)22-20-35)26-33(7)45(62)55-56-50(66)67-24-25-71-72-42-18-14-15-23-51-42/h14-15,18-23,29,31-33,36,39-41,44,60H,11-13,16-17,24-28,30H2,1-10H3,(H,52,63)(H,54,64)(H,55,62)(H,56,66)/t32?,33-,36+,39?,40+,41+,44-/m0/s1. The van der Waals surface area contributed by atoms with Gasteiger partial charge in [-0.3, -0.25) is 39.1 Å². The number of thiazole rings is 1. The van der Waals surface area contributed by atoms with Crippen LogP contribution in [-0.4, -0.2) is 124 Å². The van der Waals surface area contributed by atoms with Gasteiger partial charge in [0.05, 0.1) is 6.04 Å². The van der Waals surface area contributed by atoms with Crippen LogP contribution in [0.2, 0.25) is 0 Å². The molecule has 5 N–H and O–H groups in total. The van der Waals surface area contributed by atoms with E-state index in [-0.39, 0.29) is 66.5 Å². The first kappa shape index (κ1) is 60.9. The molecule has 22 heteroatoms. The quantitative estimate of drug-likeness (QED) is 0.0110. The number of benzene rings is 1. The maximum Gasteiger partial charge on any atom is 0.426 e. The highest BCUT2D eigenvalue weighted by atomic mass is 33.1. The molecule has 2 heterocycles. The molecule has 0 saturated heterocycles. The van der Waals surface area contributed by atoms with Crippen LogP contribution in [0.25, 0.3) is 0 Å². The van der Waals surface area contributed by atoms with Crippen molar-refractivity contribution in [1.29, 1.82) is 0 Å². The molecule has 398 valence electrons. The zero-order valence-electron chi connectivity index (χ0n) is 43.1. The van der Waals surface area contributed by atoms with Gasteiger partial charge < -0.3 is 34.9 Å². The fourth-order valence-corrected chi connectivity index (χ4v) is 10.1. The number of pyridine rings is 1. The lowest BCUT2D eigenvalue weighted by atomic mass is 9.92. The Labute approximate surface area is 435 Å². The fourth-order valence-electron chi connectivity index (χ4n) is 7.51. The number of esters is 2. The first-order valence-electron chi connectivity index (χ1n) is 24.3. The van der Waals surface area contributed by atoms with Crippen LogP contribution in [0.3, 0.4) is 0 Å². The van der Waals surface area contributed by atoms with Gasteiger partial charge in [-0.15, -0.1) is 11.3 Å². The topological polar surface area (TPSA) is 248 Å². The summed E-state index contributed by atoms with van der Waals surface area (Å²) in [5, 5.41) is 18.5. The highest BCUT2D eigenvalue weighted by Crippen LogP contribution is 2.32. The van der Waals surface area contributed by atoms with Gasteiger partial charge >= 0.3 is 18.0 Å². The Hall–Kier alpha value is -5.45. The summed E-state index contributed by atoms with van der Waals surface area (Å²) in [7, 11) is 6.53. The van der Waals surface area contributed by atoms with Crippen molar-refractivity contribution in [3.05, 3.63) is 70.3 Å². The molecule has 0 aliphatic rings. The van der Waals surface area contributed by atoms with Gasteiger partial charge in [-0.05, 0) is 92.2 Å². The van der Waals surface area contributed by atoms with E-state index in [4.69, 9.17) is 14.2 Å². The number of likely N-dealkylation sites (N-methyl/N-ethyl adjacent to an activating group) is 1. The molecule has 0 spiro atoms. The predicted molar refractivity (Wildman–Crippen MR) is 278 cm³/mol. The fraction of sp³-hybridized carbons (Fsp3) is 0.580. The summed E-state index contributed by atoms with van der Waals surface area (Å²) in [6.07, 6.45) is 2.71. The number of amides is 5. The number of aromatic nitrogens is 2. The molecule has 2 aromatic heterocycles. The van der Waals surface area contributed by atoms with Crippen LogP contribution >= 0.6 is 32.9 Å². The number of hydrogen-bond donors (Lipinski definition) is 5. The van der Waals surface area contributed by atoms with E-state index in [9.17, 15) is 38.7 Å². The molecule has 0 fully saturated rings. The lowest BCUT2D eigenvalue weighted by molar-refractivity contribution is -0.160. The summed E-state index contributed by atoms with van der Waals surface area (Å²) in [6.45, 7) is 13.9. The zero-order chi connectivity index (χ0) is 53.3. The average molecular weight is 1060 g/mol. The predicted octanol–water partition coefficient (Wildman–Crippen LogP) is 7.22. The number of carbonyl (C=O) groups is 7. The molecule has 72 heavy (non-hydrogen) atoms. The van der Waals surface area contributed by atoms with E-state index in [0.717, 1.165) is 28.3 Å². The maximum absolute atomic E-state index is 14.9. The molecule has 3 rings (SSSR count). The van der Waals surface area contributed by atoms with E-state index in [1.165, 1.54) is 50.9 Å². The summed E-state index contributed by atoms with van der Waals surface area (Å²) in [5.41, 5.74) is 5.41. The third-order valence-electron chi connectivity index (χ3n) is 11.6. The minimum Gasteiger partial charge on any atom is -0.508 e. The van der Waals surface area contributed by atoms with Gasteiger partial charge in [-0.1, -0.05) is 90.3 Å². The number of phenols is 1. The van der Waals surface area contributed by atoms with E-state index >= 15 is 0 Å². The first-order chi connectivity index (χ1) is 34.3. The van der Waals surface area contributed by atoms with Gasteiger partial charge in [0, 0.05) is 55.1 Å². The summed E-state index contributed by atoms with van der Waals surface area (Å²) < 4.78 is 16.7. The Morgan fingerprint density at radius 2 is 1.60 bits per heavy atom. The number of phenolic OH excluding ortho intramolecular Hbond substituents is 1. The largest absolute Gasteiger partial charge is 0.508 e. The molecule has 0 aliphatic carbocycles. The Morgan fingerprint density at radius 3 is 2.21 bits per heavy atom. The second kappa shape index (κ2) is 31.9. The highest BCUT2D eigenvalue weighted by Gasteiger charge is 2.39. The van der Waals surface area contributed by atoms with Gasteiger partial charge in [-0.2, -0.15) is 0 Å². The van der Waals surface area contributed by atoms with Crippen LogP contribution in [0.1, 0.15) is 127 Å². The van der Waals surface area contributed by atoms with Crippen LogP contribution in [0, 0.1) is 17.8 Å². The molecule has 0 aliphatic heterocycles. The Bertz CT molecular complexity index is 2180. The molecule has 3 aromatic rings. The summed E-state index contributed by atoms with van der Waals surface area (Å²) in [6, 6.07) is 9.16. The molecule has 19 nitrogen and oxygen atoms in total. The normalized spacial score (nSPS) is 14.2. The molecule has 0 bridgehead atoms. The lowest BCUT2D eigenvalue weighted by Crippen LogP contribution is -2.58. The van der Waals surface area contributed by atoms with Crippen molar-refractivity contribution in [2.45, 2.75) is 142 Å². The Kier molecular flexibility index (Phi) is 26.9. The Morgan fingerprint density at radius 1 is 0.875 bits per heavy atom. The molecule has 1 aromatic carbocycles. The first-order valence-corrected chi connectivity index (χ1v) is 27.5. The van der Waals surface area contributed by atoms with Crippen LogP contribution in [-0.2, 0) is 44.6 Å². The zero-order valence-corrected chi connectivity index (χ0v) is 45.6. The molecule has 5 amide bonds. The van der Waals surface area contributed by atoms with Crippen LogP contribution in [0.5, 0.6) is 5.75 Å². The molecular weight excluding hydrogens is 985 g/mol. The second-order valence-electron chi connectivity index (χ2n) is 18.1. The average Bonchev–Trinajstić information content (AvgIpc) is 3.84. The van der Waals surface area contributed by atoms with E-state index in [2.05, 4.69) is 31.5 Å². The number of nitrogens with zero attached hydrogens (tertiary/aromatic N) is 4. The van der Waals surface area contributed by atoms with Gasteiger partial charge in [0.25, 0.3) is 5.91 Å². The van der Waals surface area contributed by atoms with Crippen molar-refractivity contribution in [2.24, 2.45) is 17.8 Å². The van der Waals surface area contributed by atoms with Crippen LogP contribution in [0.15, 0.2) is 59.1 Å².